The minimum atomic E-state index is -1.60. The van der Waals surface area contributed by atoms with E-state index in [4.69, 9.17) is 9.84 Å². The molecule has 3 amide bonds. The summed E-state index contributed by atoms with van der Waals surface area (Å²) in [5, 5.41) is 8.96. The Hall–Kier alpha value is -2.63. The van der Waals surface area contributed by atoms with Crippen LogP contribution in [0.15, 0.2) is 30.5 Å². The van der Waals surface area contributed by atoms with Crippen LogP contribution in [0.1, 0.15) is 22.8 Å². The molecule has 6 heteroatoms. The third-order valence-electron chi connectivity index (χ3n) is 2.64. The van der Waals surface area contributed by atoms with Gasteiger partial charge in [-0.3, -0.25) is 9.59 Å². The van der Waals surface area contributed by atoms with Crippen LogP contribution >= 0.6 is 0 Å². The highest BCUT2D eigenvalue weighted by Gasteiger charge is 2.39. The van der Waals surface area contributed by atoms with Crippen molar-refractivity contribution in [3.63, 3.8) is 0 Å². The van der Waals surface area contributed by atoms with Crippen LogP contribution in [0, 0.1) is 0 Å². The summed E-state index contributed by atoms with van der Waals surface area (Å²) in [6, 6.07) is 6.31. The SMILES string of the molecule is CCO/C=C1/C(=O)N(C(=O)O)C(=O)c2ccccc21. The van der Waals surface area contributed by atoms with Gasteiger partial charge in [0.25, 0.3) is 11.8 Å². The molecule has 0 radical (unpaired) electrons. The Morgan fingerprint density at radius 1 is 1.26 bits per heavy atom. The summed E-state index contributed by atoms with van der Waals surface area (Å²) in [6.45, 7) is 2.07. The van der Waals surface area contributed by atoms with Crippen molar-refractivity contribution in [1.82, 2.24) is 4.90 Å². The summed E-state index contributed by atoms with van der Waals surface area (Å²) in [5.41, 5.74) is 0.596. The topological polar surface area (TPSA) is 83.9 Å². The maximum Gasteiger partial charge on any atom is 0.421 e. The average Bonchev–Trinajstić information content (AvgIpc) is 2.38. The van der Waals surface area contributed by atoms with Crippen molar-refractivity contribution in [3.05, 3.63) is 41.7 Å². The molecule has 19 heavy (non-hydrogen) atoms. The van der Waals surface area contributed by atoms with Gasteiger partial charge in [-0.05, 0) is 13.0 Å². The van der Waals surface area contributed by atoms with Gasteiger partial charge < -0.3 is 9.84 Å². The van der Waals surface area contributed by atoms with Gasteiger partial charge in [0, 0.05) is 11.1 Å². The molecule has 0 saturated carbocycles. The molecule has 1 N–H and O–H groups in total. The van der Waals surface area contributed by atoms with Gasteiger partial charge in [-0.2, -0.15) is 4.90 Å². The zero-order chi connectivity index (χ0) is 14.0. The monoisotopic (exact) mass is 261 g/mol. The molecule has 0 saturated heterocycles. The summed E-state index contributed by atoms with van der Waals surface area (Å²) >= 11 is 0. The molecule has 0 aliphatic carbocycles. The standard InChI is InChI=1S/C13H11NO5/c1-2-19-7-10-8-5-3-4-6-9(8)11(15)14(12(10)16)13(17)18/h3-7H,2H2,1H3,(H,17,18)/b10-7+. The highest BCUT2D eigenvalue weighted by atomic mass is 16.5. The lowest BCUT2D eigenvalue weighted by Crippen LogP contribution is -2.44. The van der Waals surface area contributed by atoms with Crippen molar-refractivity contribution in [2.45, 2.75) is 6.92 Å². The number of imide groups is 3. The second kappa shape index (κ2) is 4.93. The van der Waals surface area contributed by atoms with Crippen LogP contribution in [0.25, 0.3) is 5.57 Å². The number of nitrogens with zero attached hydrogens (tertiary/aromatic N) is 1. The lowest BCUT2D eigenvalue weighted by Gasteiger charge is -2.24. The van der Waals surface area contributed by atoms with Crippen molar-refractivity contribution in [1.29, 1.82) is 0 Å². The fraction of sp³-hybridized carbons (Fsp3) is 0.154. The second-order valence-corrected chi connectivity index (χ2v) is 3.76. The van der Waals surface area contributed by atoms with Gasteiger partial charge in [-0.15, -0.1) is 0 Å². The number of carbonyl (C=O) groups is 3. The molecule has 1 heterocycles. The van der Waals surface area contributed by atoms with Crippen molar-refractivity contribution < 1.29 is 24.2 Å². The van der Waals surface area contributed by atoms with Gasteiger partial charge >= 0.3 is 6.09 Å². The Morgan fingerprint density at radius 3 is 2.47 bits per heavy atom. The van der Waals surface area contributed by atoms with E-state index in [9.17, 15) is 14.4 Å². The van der Waals surface area contributed by atoms with Crippen LogP contribution in [0.5, 0.6) is 0 Å². The van der Waals surface area contributed by atoms with Gasteiger partial charge in [-0.1, -0.05) is 18.2 Å². The normalized spacial score (nSPS) is 16.5. The van der Waals surface area contributed by atoms with E-state index < -0.39 is 17.9 Å². The van der Waals surface area contributed by atoms with Crippen LogP contribution < -0.4 is 0 Å². The van der Waals surface area contributed by atoms with E-state index in [1.165, 1.54) is 12.3 Å². The first-order valence-electron chi connectivity index (χ1n) is 5.60. The van der Waals surface area contributed by atoms with E-state index in [1.807, 2.05) is 0 Å². The predicted octanol–water partition coefficient (Wildman–Crippen LogP) is 1.72. The third-order valence-corrected chi connectivity index (χ3v) is 2.64. The van der Waals surface area contributed by atoms with Crippen molar-refractivity contribution in [2.75, 3.05) is 6.61 Å². The van der Waals surface area contributed by atoms with Gasteiger partial charge in [0.05, 0.1) is 18.4 Å². The van der Waals surface area contributed by atoms with E-state index in [0.29, 0.717) is 12.2 Å². The number of carbonyl (C=O) groups excluding carboxylic acids is 2. The van der Waals surface area contributed by atoms with Gasteiger partial charge in [-0.25, -0.2) is 4.79 Å². The van der Waals surface area contributed by atoms with Crippen molar-refractivity contribution in [2.24, 2.45) is 0 Å². The number of benzene rings is 1. The maximum absolute atomic E-state index is 12.0. The number of rotatable bonds is 2. The average molecular weight is 261 g/mol. The molecule has 2 rings (SSSR count). The molecule has 98 valence electrons. The summed E-state index contributed by atoms with van der Waals surface area (Å²) in [5.74, 6) is -1.74. The fourth-order valence-corrected chi connectivity index (χ4v) is 1.81. The predicted molar refractivity (Wildman–Crippen MR) is 65.2 cm³/mol. The van der Waals surface area contributed by atoms with E-state index in [2.05, 4.69) is 0 Å². The third kappa shape index (κ3) is 2.08. The number of hydrogen-bond acceptors (Lipinski definition) is 4. The minimum Gasteiger partial charge on any atom is -0.501 e. The summed E-state index contributed by atoms with van der Waals surface area (Å²) in [7, 11) is 0. The summed E-state index contributed by atoms with van der Waals surface area (Å²) < 4.78 is 5.05. The molecular weight excluding hydrogens is 250 g/mol. The van der Waals surface area contributed by atoms with Crippen LogP contribution in [0.2, 0.25) is 0 Å². The first-order valence-corrected chi connectivity index (χ1v) is 5.60. The van der Waals surface area contributed by atoms with Crippen molar-refractivity contribution >= 4 is 23.5 Å². The lowest BCUT2D eigenvalue weighted by molar-refractivity contribution is -0.121. The number of hydrogen-bond donors (Lipinski definition) is 1. The highest BCUT2D eigenvalue weighted by Crippen LogP contribution is 2.28. The largest absolute Gasteiger partial charge is 0.501 e. The molecule has 1 aromatic rings. The molecule has 0 atom stereocenters. The molecule has 1 aliphatic heterocycles. The quantitative estimate of drug-likeness (QED) is 0.498. The molecule has 6 nitrogen and oxygen atoms in total. The Kier molecular flexibility index (Phi) is 3.33. The Labute approximate surface area is 108 Å². The Bertz CT molecular complexity index is 590. The smallest absolute Gasteiger partial charge is 0.421 e. The molecule has 1 aliphatic rings. The van der Waals surface area contributed by atoms with E-state index in [-0.39, 0.29) is 16.0 Å². The van der Waals surface area contributed by atoms with E-state index in [1.54, 1.807) is 25.1 Å². The lowest BCUT2D eigenvalue weighted by atomic mass is 9.95. The summed E-state index contributed by atoms with van der Waals surface area (Å²) in [4.78, 5) is 35.2. The molecule has 0 aromatic heterocycles. The van der Waals surface area contributed by atoms with Crippen LogP contribution in [0.4, 0.5) is 4.79 Å². The van der Waals surface area contributed by atoms with Crippen LogP contribution in [0.3, 0.4) is 0 Å². The zero-order valence-electron chi connectivity index (χ0n) is 10.1. The van der Waals surface area contributed by atoms with Crippen LogP contribution in [-0.2, 0) is 9.53 Å². The van der Waals surface area contributed by atoms with Gasteiger partial charge in [0.15, 0.2) is 0 Å². The highest BCUT2D eigenvalue weighted by molar-refractivity contribution is 6.35. The molecule has 0 unspecified atom stereocenters. The zero-order valence-corrected chi connectivity index (χ0v) is 10.1. The fourth-order valence-electron chi connectivity index (χ4n) is 1.81. The Morgan fingerprint density at radius 2 is 1.89 bits per heavy atom. The maximum atomic E-state index is 12.0. The summed E-state index contributed by atoms with van der Waals surface area (Å²) in [6.07, 6.45) is -0.421. The molecule has 0 bridgehead atoms. The number of carboxylic acid groups (broad SMARTS) is 1. The van der Waals surface area contributed by atoms with Gasteiger partial charge in [0.2, 0.25) is 0 Å². The van der Waals surface area contributed by atoms with Gasteiger partial charge in [0.1, 0.15) is 0 Å². The Balaban J connectivity index is 2.61. The van der Waals surface area contributed by atoms with E-state index in [0.717, 1.165) is 0 Å². The second-order valence-electron chi connectivity index (χ2n) is 3.76. The molecule has 0 fully saturated rings. The number of fused-ring (bicyclic) bond motifs is 1. The molecule has 0 spiro atoms. The molecule has 1 aromatic carbocycles. The van der Waals surface area contributed by atoms with Crippen molar-refractivity contribution in [3.8, 4) is 0 Å². The van der Waals surface area contributed by atoms with Crippen LogP contribution in [-0.4, -0.2) is 34.5 Å². The first kappa shape index (κ1) is 12.8. The van der Waals surface area contributed by atoms with E-state index >= 15 is 0 Å². The number of ether oxygens (including phenoxy) is 1. The number of amides is 3. The first-order chi connectivity index (χ1) is 9.07. The minimum absolute atomic E-state index is 0.0550. The molecular formula is C13H11NO5.